The molecule has 5 heteroatoms. The minimum absolute atomic E-state index is 0.443. The van der Waals surface area contributed by atoms with Crippen LogP contribution in [0.1, 0.15) is 5.56 Å². The molecule has 2 N–H and O–H groups in total. The van der Waals surface area contributed by atoms with Gasteiger partial charge in [0, 0.05) is 29.1 Å². The predicted octanol–water partition coefficient (Wildman–Crippen LogP) is 4.21. The van der Waals surface area contributed by atoms with Crippen molar-refractivity contribution in [1.29, 1.82) is 0 Å². The molecule has 2 aromatic carbocycles. The molecule has 106 valence electrons. The molecule has 0 radical (unpaired) electrons. The molecule has 1 heterocycles. The molecule has 0 fully saturated rings. The van der Waals surface area contributed by atoms with Crippen LogP contribution in [0.3, 0.4) is 0 Å². The zero-order valence-electron chi connectivity index (χ0n) is 11.0. The summed E-state index contributed by atoms with van der Waals surface area (Å²) >= 11 is 1.35. The maximum atomic E-state index is 13.3. The van der Waals surface area contributed by atoms with Gasteiger partial charge in [0.15, 0.2) is 0 Å². The van der Waals surface area contributed by atoms with Crippen molar-refractivity contribution in [1.82, 2.24) is 4.98 Å². The molecule has 3 rings (SSSR count). The molecule has 0 aliphatic heterocycles. The summed E-state index contributed by atoms with van der Waals surface area (Å²) in [5.41, 5.74) is 8.80. The van der Waals surface area contributed by atoms with Gasteiger partial charge in [-0.3, -0.25) is 0 Å². The standard InChI is InChI=1S/C16H12F2N2S/c17-13-5-12(6-14(18)7-13)16-20-15(9-21-16)11-3-1-2-10(4-11)8-19/h1-7,9H,8,19H2. The second kappa shape index (κ2) is 5.71. The van der Waals surface area contributed by atoms with Crippen LogP contribution >= 0.6 is 11.3 Å². The van der Waals surface area contributed by atoms with Crippen LogP contribution in [0.15, 0.2) is 47.8 Å². The number of hydrogen-bond acceptors (Lipinski definition) is 3. The number of nitrogens with zero attached hydrogens (tertiary/aromatic N) is 1. The van der Waals surface area contributed by atoms with Gasteiger partial charge in [0.1, 0.15) is 16.6 Å². The Morgan fingerprint density at radius 3 is 2.48 bits per heavy atom. The summed E-state index contributed by atoms with van der Waals surface area (Å²) in [5, 5.41) is 2.45. The van der Waals surface area contributed by atoms with Crippen molar-refractivity contribution in [2.45, 2.75) is 6.54 Å². The van der Waals surface area contributed by atoms with Crippen LogP contribution in [-0.2, 0) is 6.54 Å². The number of benzene rings is 2. The van der Waals surface area contributed by atoms with Crippen molar-refractivity contribution in [2.24, 2.45) is 5.73 Å². The Labute approximate surface area is 124 Å². The first-order valence-electron chi connectivity index (χ1n) is 6.37. The second-order valence-corrected chi connectivity index (χ2v) is 5.46. The number of thiazole rings is 1. The van der Waals surface area contributed by atoms with Gasteiger partial charge < -0.3 is 5.73 Å². The van der Waals surface area contributed by atoms with E-state index in [0.717, 1.165) is 22.9 Å². The van der Waals surface area contributed by atoms with E-state index in [0.29, 0.717) is 17.1 Å². The van der Waals surface area contributed by atoms with Gasteiger partial charge in [-0.05, 0) is 23.8 Å². The summed E-state index contributed by atoms with van der Waals surface area (Å²) < 4.78 is 26.5. The summed E-state index contributed by atoms with van der Waals surface area (Å²) in [6.07, 6.45) is 0. The van der Waals surface area contributed by atoms with Crippen molar-refractivity contribution in [3.8, 4) is 21.8 Å². The summed E-state index contributed by atoms with van der Waals surface area (Å²) in [6, 6.07) is 11.2. The molecule has 0 bridgehead atoms. The number of nitrogens with two attached hydrogens (primary N) is 1. The fourth-order valence-electron chi connectivity index (χ4n) is 2.07. The van der Waals surface area contributed by atoms with Crippen LogP contribution in [0.25, 0.3) is 21.8 Å². The fourth-order valence-corrected chi connectivity index (χ4v) is 2.89. The Balaban J connectivity index is 1.99. The molecule has 0 unspecified atom stereocenters. The van der Waals surface area contributed by atoms with Crippen LogP contribution in [0.5, 0.6) is 0 Å². The van der Waals surface area contributed by atoms with Crippen LogP contribution in [0.2, 0.25) is 0 Å². The molecule has 2 nitrogen and oxygen atoms in total. The van der Waals surface area contributed by atoms with Gasteiger partial charge in [-0.2, -0.15) is 0 Å². The van der Waals surface area contributed by atoms with Gasteiger partial charge in [-0.15, -0.1) is 11.3 Å². The Kier molecular flexibility index (Phi) is 3.77. The predicted molar refractivity (Wildman–Crippen MR) is 80.8 cm³/mol. The Hall–Kier alpha value is -2.11. The molecule has 0 spiro atoms. The van der Waals surface area contributed by atoms with E-state index in [1.807, 2.05) is 29.6 Å². The molecule has 0 aliphatic rings. The average Bonchev–Trinajstić information content (AvgIpc) is 2.96. The molecule has 0 saturated heterocycles. The maximum Gasteiger partial charge on any atom is 0.126 e. The van der Waals surface area contributed by atoms with E-state index in [4.69, 9.17) is 5.73 Å². The second-order valence-electron chi connectivity index (χ2n) is 4.60. The quantitative estimate of drug-likeness (QED) is 0.787. The number of aromatic nitrogens is 1. The fraction of sp³-hybridized carbons (Fsp3) is 0.0625. The highest BCUT2D eigenvalue weighted by Gasteiger charge is 2.09. The van der Waals surface area contributed by atoms with E-state index in [2.05, 4.69) is 4.98 Å². The molecule has 0 saturated carbocycles. The van der Waals surface area contributed by atoms with Crippen molar-refractivity contribution in [3.63, 3.8) is 0 Å². The van der Waals surface area contributed by atoms with E-state index >= 15 is 0 Å². The van der Waals surface area contributed by atoms with Gasteiger partial charge in [0.2, 0.25) is 0 Å². The van der Waals surface area contributed by atoms with Gasteiger partial charge in [-0.25, -0.2) is 13.8 Å². The highest BCUT2D eigenvalue weighted by atomic mass is 32.1. The zero-order chi connectivity index (χ0) is 14.8. The van der Waals surface area contributed by atoms with E-state index in [9.17, 15) is 8.78 Å². The highest BCUT2D eigenvalue weighted by molar-refractivity contribution is 7.13. The Bertz CT molecular complexity index is 763. The van der Waals surface area contributed by atoms with Gasteiger partial charge in [0.05, 0.1) is 5.69 Å². The third-order valence-electron chi connectivity index (χ3n) is 3.07. The van der Waals surface area contributed by atoms with Crippen LogP contribution in [0.4, 0.5) is 8.78 Å². The normalized spacial score (nSPS) is 10.8. The third kappa shape index (κ3) is 2.99. The van der Waals surface area contributed by atoms with E-state index in [1.54, 1.807) is 0 Å². The van der Waals surface area contributed by atoms with Gasteiger partial charge in [0.25, 0.3) is 0 Å². The molecule has 0 aliphatic carbocycles. The van der Waals surface area contributed by atoms with Crippen LogP contribution in [-0.4, -0.2) is 4.98 Å². The lowest BCUT2D eigenvalue weighted by Gasteiger charge is -2.00. The summed E-state index contributed by atoms with van der Waals surface area (Å²) in [4.78, 5) is 4.45. The number of rotatable bonds is 3. The summed E-state index contributed by atoms with van der Waals surface area (Å²) in [5.74, 6) is -1.21. The van der Waals surface area contributed by atoms with Crippen LogP contribution < -0.4 is 5.73 Å². The lowest BCUT2D eigenvalue weighted by molar-refractivity contribution is 0.584. The summed E-state index contributed by atoms with van der Waals surface area (Å²) in [7, 11) is 0. The van der Waals surface area contributed by atoms with Gasteiger partial charge in [-0.1, -0.05) is 18.2 Å². The zero-order valence-corrected chi connectivity index (χ0v) is 11.8. The molecule has 21 heavy (non-hydrogen) atoms. The SMILES string of the molecule is NCc1cccc(-c2csc(-c3cc(F)cc(F)c3)n2)c1. The monoisotopic (exact) mass is 302 g/mol. The Morgan fingerprint density at radius 2 is 1.76 bits per heavy atom. The summed E-state index contributed by atoms with van der Waals surface area (Å²) in [6.45, 7) is 0.458. The first-order valence-corrected chi connectivity index (χ1v) is 7.25. The Morgan fingerprint density at radius 1 is 1.00 bits per heavy atom. The largest absolute Gasteiger partial charge is 0.326 e. The first-order chi connectivity index (χ1) is 10.2. The van der Waals surface area contributed by atoms with Crippen LogP contribution in [0, 0.1) is 11.6 Å². The third-order valence-corrected chi connectivity index (χ3v) is 3.96. The van der Waals surface area contributed by atoms with Crippen molar-refractivity contribution in [3.05, 3.63) is 65.0 Å². The molecule has 0 amide bonds. The van der Waals surface area contributed by atoms with Crippen molar-refractivity contribution >= 4 is 11.3 Å². The lowest BCUT2D eigenvalue weighted by atomic mass is 10.1. The van der Waals surface area contributed by atoms with Gasteiger partial charge >= 0.3 is 0 Å². The van der Waals surface area contributed by atoms with Crippen molar-refractivity contribution in [2.75, 3.05) is 0 Å². The number of halogens is 2. The molecular formula is C16H12F2N2S. The molecule has 0 atom stereocenters. The molecule has 3 aromatic rings. The van der Waals surface area contributed by atoms with E-state index in [-0.39, 0.29) is 0 Å². The maximum absolute atomic E-state index is 13.3. The number of hydrogen-bond donors (Lipinski definition) is 1. The molecule has 1 aromatic heterocycles. The molecular weight excluding hydrogens is 290 g/mol. The lowest BCUT2D eigenvalue weighted by Crippen LogP contribution is -1.95. The van der Waals surface area contributed by atoms with Crippen molar-refractivity contribution < 1.29 is 8.78 Å². The van der Waals surface area contributed by atoms with E-state index in [1.165, 1.54) is 23.5 Å². The van der Waals surface area contributed by atoms with E-state index < -0.39 is 11.6 Å². The topological polar surface area (TPSA) is 38.9 Å². The smallest absolute Gasteiger partial charge is 0.126 e. The minimum Gasteiger partial charge on any atom is -0.326 e. The first kappa shape index (κ1) is 13.9. The minimum atomic E-state index is -0.605. The average molecular weight is 302 g/mol. The highest BCUT2D eigenvalue weighted by Crippen LogP contribution is 2.30.